The first-order valence-corrected chi connectivity index (χ1v) is 8.98. The fraction of sp³-hybridized carbons (Fsp3) is 0.562. The number of hydrogen-bond acceptors (Lipinski definition) is 3. The molecule has 1 aliphatic heterocycles. The van der Waals surface area contributed by atoms with E-state index < -0.39 is 16.0 Å². The second-order valence-corrected chi connectivity index (χ2v) is 9.12. The summed E-state index contributed by atoms with van der Waals surface area (Å²) in [5.41, 5.74) is 0.283. The smallest absolute Gasteiger partial charge is 0.335 e. The molecule has 3 rings (SSSR count). The van der Waals surface area contributed by atoms with E-state index >= 15 is 0 Å². The van der Waals surface area contributed by atoms with Crippen molar-refractivity contribution in [3.8, 4) is 0 Å². The molecule has 5 nitrogen and oxygen atoms in total. The number of hydrogen-bond donors (Lipinski definition) is 1. The first kappa shape index (κ1) is 15.5. The molecule has 6 heteroatoms. The lowest BCUT2D eigenvalue weighted by atomic mass is 9.72. The Labute approximate surface area is 131 Å². The van der Waals surface area contributed by atoms with E-state index in [1.807, 2.05) is 0 Å². The van der Waals surface area contributed by atoms with Gasteiger partial charge in [0.15, 0.2) is 0 Å². The van der Waals surface area contributed by atoms with E-state index in [-0.39, 0.29) is 21.9 Å². The van der Waals surface area contributed by atoms with Crippen LogP contribution in [-0.4, -0.2) is 36.4 Å². The van der Waals surface area contributed by atoms with Crippen LogP contribution in [-0.2, 0) is 10.0 Å². The second-order valence-electron chi connectivity index (χ2n) is 7.23. The molecule has 0 unspecified atom stereocenters. The molecule has 1 aliphatic carbocycles. The quantitative estimate of drug-likeness (QED) is 0.928. The molecule has 2 atom stereocenters. The van der Waals surface area contributed by atoms with E-state index in [9.17, 15) is 13.2 Å². The lowest BCUT2D eigenvalue weighted by molar-refractivity contribution is 0.0696. The summed E-state index contributed by atoms with van der Waals surface area (Å²) in [6, 6.07) is 5.55. The van der Waals surface area contributed by atoms with Crippen LogP contribution in [0.2, 0.25) is 0 Å². The van der Waals surface area contributed by atoms with Gasteiger partial charge < -0.3 is 5.11 Å². The average Bonchev–Trinajstić information content (AvgIpc) is 2.74. The molecule has 0 radical (unpaired) electrons. The minimum atomic E-state index is -3.55. The van der Waals surface area contributed by atoms with E-state index in [0.717, 1.165) is 19.3 Å². The third kappa shape index (κ3) is 2.65. The number of aromatic carboxylic acids is 1. The predicted molar refractivity (Wildman–Crippen MR) is 82.2 cm³/mol. The van der Waals surface area contributed by atoms with Gasteiger partial charge in [0.1, 0.15) is 0 Å². The Balaban J connectivity index is 1.89. The number of carbonyl (C=O) groups is 1. The Morgan fingerprint density at radius 2 is 1.86 bits per heavy atom. The van der Waals surface area contributed by atoms with E-state index in [1.54, 1.807) is 4.31 Å². The number of sulfonamides is 1. The number of carboxylic acid groups (broad SMARTS) is 1. The van der Waals surface area contributed by atoms with E-state index in [4.69, 9.17) is 5.11 Å². The molecule has 1 aromatic rings. The highest BCUT2D eigenvalue weighted by Gasteiger charge is 2.47. The molecular weight excluding hydrogens is 302 g/mol. The number of carboxylic acids is 1. The Kier molecular flexibility index (Phi) is 3.57. The van der Waals surface area contributed by atoms with Gasteiger partial charge in [0.2, 0.25) is 10.0 Å². The summed E-state index contributed by atoms with van der Waals surface area (Å²) >= 11 is 0. The molecule has 0 aromatic heterocycles. The SMILES string of the molecule is CC1(C)C[C@H]2C[C@@H](C1)N(S(=O)(=O)c1ccc(C(=O)O)cc1)C2. The minimum Gasteiger partial charge on any atom is -0.478 e. The molecule has 0 amide bonds. The van der Waals surface area contributed by atoms with Gasteiger partial charge in [0.05, 0.1) is 10.5 Å². The minimum absolute atomic E-state index is 0.0675. The fourth-order valence-corrected chi connectivity index (χ4v) is 5.73. The zero-order valence-corrected chi connectivity index (χ0v) is 13.6. The van der Waals surface area contributed by atoms with Gasteiger partial charge in [-0.1, -0.05) is 13.8 Å². The van der Waals surface area contributed by atoms with Crippen LogP contribution in [0.1, 0.15) is 43.5 Å². The first-order valence-electron chi connectivity index (χ1n) is 7.54. The van der Waals surface area contributed by atoms with Gasteiger partial charge in [-0.2, -0.15) is 4.31 Å². The van der Waals surface area contributed by atoms with Crippen LogP contribution in [0.15, 0.2) is 29.2 Å². The van der Waals surface area contributed by atoms with Crippen LogP contribution in [0.25, 0.3) is 0 Å². The Bertz CT molecular complexity index is 693. The van der Waals surface area contributed by atoms with Crippen LogP contribution in [0, 0.1) is 11.3 Å². The summed E-state index contributed by atoms with van der Waals surface area (Å²) in [6.07, 6.45) is 2.89. The lowest BCUT2D eigenvalue weighted by Crippen LogP contribution is -2.37. The normalized spacial score (nSPS) is 27.7. The van der Waals surface area contributed by atoms with Crippen molar-refractivity contribution in [3.05, 3.63) is 29.8 Å². The highest BCUT2D eigenvalue weighted by atomic mass is 32.2. The van der Waals surface area contributed by atoms with Crippen molar-refractivity contribution >= 4 is 16.0 Å². The molecular formula is C16H21NO4S. The van der Waals surface area contributed by atoms with Gasteiger partial charge >= 0.3 is 5.97 Å². The van der Waals surface area contributed by atoms with Gasteiger partial charge in [-0.25, -0.2) is 13.2 Å². The van der Waals surface area contributed by atoms with Crippen LogP contribution in [0.4, 0.5) is 0 Å². The molecule has 1 saturated heterocycles. The van der Waals surface area contributed by atoms with Crippen LogP contribution in [0.5, 0.6) is 0 Å². The van der Waals surface area contributed by atoms with Gasteiger partial charge in [0, 0.05) is 12.6 Å². The molecule has 1 heterocycles. The van der Waals surface area contributed by atoms with Gasteiger partial charge in [-0.3, -0.25) is 0 Å². The van der Waals surface area contributed by atoms with E-state index in [0.29, 0.717) is 12.5 Å². The zero-order chi connectivity index (χ0) is 16.1. The lowest BCUT2D eigenvalue weighted by Gasteiger charge is -2.34. The Hall–Kier alpha value is -1.40. The highest BCUT2D eigenvalue weighted by molar-refractivity contribution is 7.89. The Morgan fingerprint density at radius 3 is 2.45 bits per heavy atom. The second kappa shape index (κ2) is 5.06. The summed E-state index contributed by atoms with van der Waals surface area (Å²) in [6.45, 7) is 4.98. The average molecular weight is 323 g/mol. The van der Waals surface area contributed by atoms with Crippen molar-refractivity contribution in [3.63, 3.8) is 0 Å². The van der Waals surface area contributed by atoms with Crippen LogP contribution in [0.3, 0.4) is 0 Å². The van der Waals surface area contributed by atoms with Crippen molar-refractivity contribution in [1.82, 2.24) is 4.31 Å². The first-order chi connectivity index (χ1) is 10.2. The van der Waals surface area contributed by atoms with Gasteiger partial charge in [0.25, 0.3) is 0 Å². The highest BCUT2D eigenvalue weighted by Crippen LogP contribution is 2.46. The standard InChI is InChI=1S/C16H21NO4S/c1-16(2)8-11-7-13(9-16)17(10-11)22(20,21)14-5-3-12(4-6-14)15(18)19/h3-6,11,13H,7-10H2,1-2H3,(H,18,19)/t11-,13+/m1/s1. The predicted octanol–water partition coefficient (Wildman–Crippen LogP) is 2.58. The van der Waals surface area contributed by atoms with Crippen molar-refractivity contribution in [2.75, 3.05) is 6.54 Å². The monoisotopic (exact) mass is 323 g/mol. The van der Waals surface area contributed by atoms with E-state index in [2.05, 4.69) is 13.8 Å². The maximum Gasteiger partial charge on any atom is 0.335 e. The van der Waals surface area contributed by atoms with Crippen molar-refractivity contribution in [2.24, 2.45) is 11.3 Å². The summed E-state index contributed by atoms with van der Waals surface area (Å²) in [4.78, 5) is 11.1. The molecule has 0 spiro atoms. The molecule has 2 bridgehead atoms. The number of nitrogens with zero attached hydrogens (tertiary/aromatic N) is 1. The number of benzene rings is 1. The van der Waals surface area contributed by atoms with Crippen molar-refractivity contribution < 1.29 is 18.3 Å². The van der Waals surface area contributed by atoms with Gasteiger partial charge in [-0.15, -0.1) is 0 Å². The van der Waals surface area contributed by atoms with Crippen molar-refractivity contribution in [1.29, 1.82) is 0 Å². The largest absolute Gasteiger partial charge is 0.478 e. The summed E-state index contributed by atoms with van der Waals surface area (Å²) in [5.74, 6) is -0.621. The molecule has 22 heavy (non-hydrogen) atoms. The topological polar surface area (TPSA) is 74.7 Å². The molecule has 120 valence electrons. The zero-order valence-electron chi connectivity index (χ0n) is 12.8. The van der Waals surface area contributed by atoms with Crippen LogP contribution < -0.4 is 0 Å². The Morgan fingerprint density at radius 1 is 1.23 bits per heavy atom. The molecule has 1 aromatic carbocycles. The summed E-state index contributed by atoms with van der Waals surface area (Å²) < 4.78 is 27.3. The summed E-state index contributed by atoms with van der Waals surface area (Å²) in [5, 5.41) is 8.91. The third-order valence-corrected chi connectivity index (χ3v) is 6.72. The maximum absolute atomic E-state index is 12.8. The molecule has 2 fully saturated rings. The molecule has 2 aliphatic rings. The number of rotatable bonds is 3. The van der Waals surface area contributed by atoms with Crippen molar-refractivity contribution in [2.45, 2.75) is 44.0 Å². The summed E-state index contributed by atoms with van der Waals surface area (Å²) in [7, 11) is -3.55. The van der Waals surface area contributed by atoms with Crippen LogP contribution >= 0.6 is 0 Å². The van der Waals surface area contributed by atoms with E-state index in [1.165, 1.54) is 24.3 Å². The maximum atomic E-state index is 12.8. The van der Waals surface area contributed by atoms with Gasteiger partial charge in [-0.05, 0) is 54.9 Å². The number of fused-ring (bicyclic) bond motifs is 2. The molecule has 1 N–H and O–H groups in total. The molecule has 1 saturated carbocycles. The fourth-order valence-electron chi connectivity index (χ4n) is 4.02. The third-order valence-electron chi connectivity index (χ3n) is 4.79.